The quantitative estimate of drug-likeness (QED) is 0.459. The summed E-state index contributed by atoms with van der Waals surface area (Å²) < 4.78 is 0. The van der Waals surface area contributed by atoms with E-state index < -0.39 is 4.92 Å². The maximum Gasteiger partial charge on any atom is 0.208 e. The molecule has 0 radical (unpaired) electrons. The largest absolute Gasteiger partial charge is 0.345 e. The molecule has 4 nitrogen and oxygen atoms in total. The summed E-state index contributed by atoms with van der Waals surface area (Å²) in [4.78, 5) is 13.8. The standard InChI is InChI=1S/C9H5N2O2.Ce/c12-11(13)8-5-7-3-1-2-4-9(7)10-6-8;/h1-4,6H;/q-1;. The van der Waals surface area contributed by atoms with Gasteiger partial charge in [0, 0.05) is 52.9 Å². The molecular formula is C9H5CeN2O2-. The van der Waals surface area contributed by atoms with Gasteiger partial charge in [0.1, 0.15) is 0 Å². The number of fused-ring (bicyclic) bond motifs is 1. The van der Waals surface area contributed by atoms with Crippen molar-refractivity contribution in [3.63, 3.8) is 0 Å². The number of hydrogen-bond donors (Lipinski definition) is 0. The molecule has 0 saturated heterocycles. The Hall–Kier alpha value is -0.593. The Balaban J connectivity index is 0.000000980. The van der Waals surface area contributed by atoms with Gasteiger partial charge in [-0.25, -0.2) is 0 Å². The molecule has 1 aromatic heterocycles. The van der Waals surface area contributed by atoms with Crippen LogP contribution < -0.4 is 0 Å². The molecule has 0 spiro atoms. The van der Waals surface area contributed by atoms with Crippen LogP contribution in [0.15, 0.2) is 30.5 Å². The van der Waals surface area contributed by atoms with Crippen molar-refractivity contribution in [3.05, 3.63) is 46.6 Å². The number of benzene rings is 1. The van der Waals surface area contributed by atoms with Crippen molar-refractivity contribution in [1.29, 1.82) is 0 Å². The Morgan fingerprint density at radius 2 is 2.07 bits per heavy atom. The van der Waals surface area contributed by atoms with E-state index in [1.165, 1.54) is 6.20 Å². The molecule has 0 atom stereocenters. The van der Waals surface area contributed by atoms with E-state index in [1.54, 1.807) is 18.2 Å². The van der Waals surface area contributed by atoms with Crippen LogP contribution in [0, 0.1) is 57.9 Å². The van der Waals surface area contributed by atoms with Crippen LogP contribution in [-0.2, 0) is 0 Å². The molecule has 0 aliphatic carbocycles. The molecule has 2 aromatic rings. The third-order valence-electron chi connectivity index (χ3n) is 1.69. The molecule has 0 aliphatic rings. The van der Waals surface area contributed by atoms with Gasteiger partial charge in [0.15, 0.2) is 0 Å². The summed E-state index contributed by atoms with van der Waals surface area (Å²) in [5.41, 5.74) is 0.617. The minimum absolute atomic E-state index is 0. The Morgan fingerprint density at radius 1 is 1.36 bits per heavy atom. The number of pyridine rings is 1. The monoisotopic (exact) mass is 313 g/mol. The Bertz CT molecular complexity index is 473. The zero-order valence-electron chi connectivity index (χ0n) is 7.10. The van der Waals surface area contributed by atoms with Crippen LogP contribution in [0.4, 0.5) is 5.69 Å². The van der Waals surface area contributed by atoms with E-state index >= 15 is 0 Å². The summed E-state index contributed by atoms with van der Waals surface area (Å²) in [6.45, 7) is 0. The molecule has 0 amide bonds. The number of aromatic nitrogens is 1. The molecule has 0 aliphatic heterocycles. The topological polar surface area (TPSA) is 56.0 Å². The third-order valence-corrected chi connectivity index (χ3v) is 1.69. The summed E-state index contributed by atoms with van der Waals surface area (Å²) >= 11 is 0. The van der Waals surface area contributed by atoms with Crippen LogP contribution in [0.1, 0.15) is 0 Å². The molecule has 0 N–H and O–H groups in total. The minimum Gasteiger partial charge on any atom is -0.345 e. The predicted octanol–water partition coefficient (Wildman–Crippen LogP) is 1.94. The average Bonchev–Trinajstić information content (AvgIpc) is 2.17. The second-order valence-electron chi connectivity index (χ2n) is 2.54. The first-order valence-corrected chi connectivity index (χ1v) is 3.69. The SMILES string of the molecule is O=[N+]([O-])c1[c-]c2ccccc2nc1.[Ce]. The molecule has 0 unspecified atom stereocenters. The summed E-state index contributed by atoms with van der Waals surface area (Å²) in [5, 5.41) is 11.0. The molecule has 68 valence electrons. The fourth-order valence-electron chi connectivity index (χ4n) is 1.09. The smallest absolute Gasteiger partial charge is 0.208 e. The van der Waals surface area contributed by atoms with Gasteiger partial charge in [-0.15, -0.1) is 17.5 Å². The van der Waals surface area contributed by atoms with Crippen LogP contribution in [-0.4, -0.2) is 9.91 Å². The van der Waals surface area contributed by atoms with Gasteiger partial charge in [-0.05, 0) is 5.52 Å². The fourth-order valence-corrected chi connectivity index (χ4v) is 1.09. The number of nitrogens with zero attached hydrogens (tertiary/aromatic N) is 2. The molecule has 2 rings (SSSR count). The normalized spacial score (nSPS) is 9.43. The van der Waals surface area contributed by atoms with Crippen molar-refractivity contribution in [1.82, 2.24) is 4.98 Å². The maximum absolute atomic E-state index is 10.4. The summed E-state index contributed by atoms with van der Waals surface area (Å²) in [6.07, 6.45) is 1.21. The summed E-state index contributed by atoms with van der Waals surface area (Å²) in [5.74, 6) is 0. The van der Waals surface area contributed by atoms with Gasteiger partial charge < -0.3 is 4.98 Å². The van der Waals surface area contributed by atoms with Crippen molar-refractivity contribution in [3.8, 4) is 0 Å². The zero-order valence-corrected chi connectivity index (χ0v) is 10.2. The van der Waals surface area contributed by atoms with Crippen LogP contribution in [0.3, 0.4) is 0 Å². The number of para-hydroxylation sites is 1. The van der Waals surface area contributed by atoms with E-state index in [2.05, 4.69) is 11.1 Å². The second kappa shape index (κ2) is 4.76. The van der Waals surface area contributed by atoms with Crippen molar-refractivity contribution >= 4 is 16.6 Å². The van der Waals surface area contributed by atoms with Crippen LogP contribution in [0.5, 0.6) is 0 Å². The van der Waals surface area contributed by atoms with Gasteiger partial charge >= 0.3 is 0 Å². The van der Waals surface area contributed by atoms with Gasteiger partial charge in [-0.2, -0.15) is 0 Å². The Kier molecular flexibility index (Phi) is 3.91. The van der Waals surface area contributed by atoms with Gasteiger partial charge in [-0.1, -0.05) is 18.2 Å². The van der Waals surface area contributed by atoms with Crippen molar-refractivity contribution < 1.29 is 46.7 Å². The van der Waals surface area contributed by atoms with E-state index in [9.17, 15) is 10.1 Å². The third kappa shape index (κ3) is 2.25. The molecule has 0 bridgehead atoms. The van der Waals surface area contributed by atoms with Gasteiger partial charge in [0.05, 0.1) is 0 Å². The van der Waals surface area contributed by atoms with Crippen LogP contribution in [0.2, 0.25) is 0 Å². The fraction of sp³-hybridized carbons (Fsp3) is 0. The van der Waals surface area contributed by atoms with Gasteiger partial charge in [0.25, 0.3) is 0 Å². The van der Waals surface area contributed by atoms with Crippen molar-refractivity contribution in [2.75, 3.05) is 0 Å². The van der Waals surface area contributed by atoms with E-state index in [1.807, 2.05) is 6.07 Å². The molecule has 5 heteroatoms. The van der Waals surface area contributed by atoms with E-state index in [0.29, 0.717) is 10.9 Å². The Morgan fingerprint density at radius 3 is 2.79 bits per heavy atom. The van der Waals surface area contributed by atoms with Crippen LogP contribution >= 0.6 is 0 Å². The predicted molar refractivity (Wildman–Crippen MR) is 47.2 cm³/mol. The molecule has 0 fully saturated rings. The maximum atomic E-state index is 10.4. The zero-order chi connectivity index (χ0) is 9.26. The molecular weight excluding hydrogens is 308 g/mol. The van der Waals surface area contributed by atoms with Crippen LogP contribution in [0.25, 0.3) is 10.9 Å². The van der Waals surface area contributed by atoms with E-state index in [0.717, 1.165) is 0 Å². The van der Waals surface area contributed by atoms with E-state index in [-0.39, 0.29) is 47.4 Å². The van der Waals surface area contributed by atoms with E-state index in [4.69, 9.17) is 0 Å². The van der Waals surface area contributed by atoms with Gasteiger partial charge in [0.2, 0.25) is 5.69 Å². The van der Waals surface area contributed by atoms with Gasteiger partial charge in [-0.3, -0.25) is 10.1 Å². The first kappa shape index (κ1) is 11.5. The summed E-state index contributed by atoms with van der Waals surface area (Å²) in [7, 11) is 0. The Labute approximate surface area is 114 Å². The number of nitro groups is 1. The number of hydrogen-bond acceptors (Lipinski definition) is 3. The molecule has 0 saturated carbocycles. The minimum atomic E-state index is -0.501. The molecule has 14 heavy (non-hydrogen) atoms. The first-order valence-electron chi connectivity index (χ1n) is 3.69. The van der Waals surface area contributed by atoms with Crippen molar-refractivity contribution in [2.24, 2.45) is 0 Å². The second-order valence-corrected chi connectivity index (χ2v) is 2.54. The molecule has 1 aromatic carbocycles. The number of rotatable bonds is 1. The first-order chi connectivity index (χ1) is 6.27. The van der Waals surface area contributed by atoms with Crippen molar-refractivity contribution in [2.45, 2.75) is 0 Å². The summed E-state index contributed by atoms with van der Waals surface area (Å²) in [6, 6.07) is 9.82. The average molecular weight is 313 g/mol. The molecule has 1 heterocycles.